The average Bonchev–Trinajstić information content (AvgIpc) is 3.24. The quantitative estimate of drug-likeness (QED) is 0.505. The third-order valence-electron chi connectivity index (χ3n) is 5.32. The summed E-state index contributed by atoms with van der Waals surface area (Å²) >= 11 is 0. The van der Waals surface area contributed by atoms with Gasteiger partial charge in [-0.3, -0.25) is 0 Å². The van der Waals surface area contributed by atoms with Gasteiger partial charge in [0.05, 0.1) is 17.3 Å². The zero-order valence-electron chi connectivity index (χ0n) is 16.7. The molecule has 29 heavy (non-hydrogen) atoms. The van der Waals surface area contributed by atoms with Crippen LogP contribution >= 0.6 is 0 Å². The Balaban J connectivity index is 1.69. The largest absolute Gasteiger partial charge is 0.463 e. The smallest absolute Gasteiger partial charge is 0.339 e. The van der Waals surface area contributed by atoms with Gasteiger partial charge in [-0.25, -0.2) is 14.2 Å². The van der Waals surface area contributed by atoms with Crippen LogP contribution in [0.2, 0.25) is 0 Å². The summed E-state index contributed by atoms with van der Waals surface area (Å²) in [4.78, 5) is 17.6. The van der Waals surface area contributed by atoms with Crippen molar-refractivity contribution in [3.05, 3.63) is 76.8 Å². The van der Waals surface area contributed by atoms with E-state index in [-0.39, 0.29) is 18.4 Å². The third kappa shape index (κ3) is 3.86. The summed E-state index contributed by atoms with van der Waals surface area (Å²) in [5.41, 5.74) is 4.79. The van der Waals surface area contributed by atoms with Gasteiger partial charge in [-0.2, -0.15) is 0 Å². The van der Waals surface area contributed by atoms with Gasteiger partial charge in [0, 0.05) is 11.3 Å². The lowest BCUT2D eigenvalue weighted by Crippen LogP contribution is -2.12. The monoisotopic (exact) mass is 391 g/mol. The summed E-state index contributed by atoms with van der Waals surface area (Å²) < 4.78 is 24.6. The van der Waals surface area contributed by atoms with Gasteiger partial charge >= 0.3 is 5.97 Å². The first kappa shape index (κ1) is 19.1. The number of nitrogens with zero attached hydrogens (tertiary/aromatic N) is 1. The molecule has 1 aliphatic carbocycles. The summed E-state index contributed by atoms with van der Waals surface area (Å²) in [5.74, 6) is -0.179. The Morgan fingerprint density at radius 3 is 2.76 bits per heavy atom. The zero-order valence-corrected chi connectivity index (χ0v) is 16.7. The Kier molecular flexibility index (Phi) is 5.05. The van der Waals surface area contributed by atoms with E-state index >= 15 is 0 Å². The van der Waals surface area contributed by atoms with Crippen molar-refractivity contribution in [3.63, 3.8) is 0 Å². The van der Waals surface area contributed by atoms with Crippen LogP contribution in [0.5, 0.6) is 0 Å². The zero-order chi connectivity index (χ0) is 20.5. The maximum absolute atomic E-state index is 13.5. The van der Waals surface area contributed by atoms with E-state index < -0.39 is 5.97 Å². The van der Waals surface area contributed by atoms with Crippen LogP contribution in [0.15, 0.2) is 64.6 Å². The molecular formula is C24H22FNO3. The topological polar surface area (TPSA) is 52.3 Å². The SMILES string of the molecule is Cc1cc2nc(-c3ccco3)cc(C(=O)OCC3=CC=C(F)C(C)C3)c2cc1C. The van der Waals surface area contributed by atoms with Crippen LogP contribution in [0.25, 0.3) is 22.4 Å². The minimum atomic E-state index is -0.433. The van der Waals surface area contributed by atoms with Gasteiger partial charge in [0.25, 0.3) is 0 Å². The molecule has 0 spiro atoms. The fourth-order valence-corrected chi connectivity index (χ4v) is 3.47. The number of furan rings is 1. The molecule has 0 fully saturated rings. The number of rotatable bonds is 4. The number of benzene rings is 1. The Hall–Kier alpha value is -3.21. The predicted octanol–water partition coefficient (Wildman–Crippen LogP) is 6.09. The molecule has 5 heteroatoms. The summed E-state index contributed by atoms with van der Waals surface area (Å²) in [6, 6.07) is 9.21. The van der Waals surface area contributed by atoms with E-state index in [1.807, 2.05) is 32.9 Å². The molecule has 1 aromatic carbocycles. The predicted molar refractivity (Wildman–Crippen MR) is 110 cm³/mol. The molecule has 0 saturated heterocycles. The van der Waals surface area contributed by atoms with Crippen LogP contribution in [-0.4, -0.2) is 17.6 Å². The molecule has 1 unspecified atom stereocenters. The van der Waals surface area contributed by atoms with E-state index in [1.54, 1.807) is 30.5 Å². The number of pyridine rings is 1. The van der Waals surface area contributed by atoms with Gasteiger partial charge in [0.2, 0.25) is 0 Å². The molecule has 0 N–H and O–H groups in total. The molecule has 0 radical (unpaired) electrons. The number of esters is 1. The lowest BCUT2D eigenvalue weighted by Gasteiger charge is -2.17. The van der Waals surface area contributed by atoms with Gasteiger partial charge in [-0.05, 0) is 73.4 Å². The Bertz CT molecular complexity index is 1140. The molecule has 0 saturated carbocycles. The van der Waals surface area contributed by atoms with E-state index in [1.165, 1.54) is 6.08 Å². The fraction of sp³-hybridized carbons (Fsp3) is 0.250. The lowest BCUT2D eigenvalue weighted by molar-refractivity contribution is 0.0538. The number of fused-ring (bicyclic) bond motifs is 1. The van der Waals surface area contributed by atoms with Gasteiger partial charge in [0.15, 0.2) is 5.76 Å². The van der Waals surface area contributed by atoms with E-state index in [9.17, 15) is 9.18 Å². The maximum Gasteiger partial charge on any atom is 0.339 e. The van der Waals surface area contributed by atoms with Gasteiger partial charge in [-0.15, -0.1) is 0 Å². The molecule has 0 aliphatic heterocycles. The van der Waals surface area contributed by atoms with E-state index in [0.717, 1.165) is 22.1 Å². The van der Waals surface area contributed by atoms with Crippen LogP contribution in [0.3, 0.4) is 0 Å². The molecule has 4 rings (SSSR count). The van der Waals surface area contributed by atoms with Gasteiger partial charge < -0.3 is 9.15 Å². The maximum atomic E-state index is 13.5. The number of carbonyl (C=O) groups excluding carboxylic acids is 1. The normalized spacial score (nSPS) is 16.5. The van der Waals surface area contributed by atoms with Crippen molar-refractivity contribution in [1.29, 1.82) is 0 Å². The minimum absolute atomic E-state index is 0.137. The second-order valence-corrected chi connectivity index (χ2v) is 7.54. The number of hydrogen-bond acceptors (Lipinski definition) is 4. The Labute approximate surface area is 168 Å². The van der Waals surface area contributed by atoms with Gasteiger partial charge in [0.1, 0.15) is 18.1 Å². The van der Waals surface area contributed by atoms with Gasteiger partial charge in [-0.1, -0.05) is 13.0 Å². The van der Waals surface area contributed by atoms with Crippen LogP contribution < -0.4 is 0 Å². The lowest BCUT2D eigenvalue weighted by atomic mass is 9.95. The molecule has 4 nitrogen and oxygen atoms in total. The number of aromatic nitrogens is 1. The van der Waals surface area contributed by atoms with Crippen molar-refractivity contribution in [2.75, 3.05) is 6.61 Å². The van der Waals surface area contributed by atoms with E-state index in [2.05, 4.69) is 4.98 Å². The molecule has 148 valence electrons. The standard InChI is InChI=1S/C24H22FNO3/c1-14-10-18-19(24(27)29-13-17-6-7-20(25)16(3)9-17)12-22(23-5-4-8-28-23)26-21(18)11-15(14)2/h4-8,10-12,16H,9,13H2,1-3H3. The first-order chi connectivity index (χ1) is 13.9. The highest BCUT2D eigenvalue weighted by atomic mass is 19.1. The Morgan fingerprint density at radius 2 is 2.03 bits per heavy atom. The van der Waals surface area contributed by atoms with Crippen molar-refractivity contribution in [3.8, 4) is 11.5 Å². The summed E-state index contributed by atoms with van der Waals surface area (Å²) in [6.07, 6.45) is 5.25. The number of hydrogen-bond donors (Lipinski definition) is 0. The Morgan fingerprint density at radius 1 is 1.24 bits per heavy atom. The highest BCUT2D eigenvalue weighted by molar-refractivity contribution is 6.05. The molecule has 1 aliphatic rings. The van der Waals surface area contributed by atoms with Crippen molar-refractivity contribution in [2.45, 2.75) is 27.2 Å². The second-order valence-electron chi connectivity index (χ2n) is 7.54. The molecule has 3 aromatic rings. The molecule has 1 atom stereocenters. The summed E-state index contributed by atoms with van der Waals surface area (Å²) in [6.45, 7) is 5.96. The molecule has 0 bridgehead atoms. The number of halogens is 1. The summed E-state index contributed by atoms with van der Waals surface area (Å²) in [5, 5.41) is 0.741. The van der Waals surface area contributed by atoms with E-state index in [0.29, 0.717) is 29.0 Å². The number of aryl methyl sites for hydroxylation is 2. The molecule has 0 amide bonds. The highest BCUT2D eigenvalue weighted by Crippen LogP contribution is 2.29. The second kappa shape index (κ2) is 7.66. The molecular weight excluding hydrogens is 369 g/mol. The first-order valence-corrected chi connectivity index (χ1v) is 9.60. The van der Waals surface area contributed by atoms with E-state index in [4.69, 9.17) is 9.15 Å². The first-order valence-electron chi connectivity index (χ1n) is 9.60. The van der Waals surface area contributed by atoms with Crippen LogP contribution in [-0.2, 0) is 4.74 Å². The van der Waals surface area contributed by atoms with Crippen LogP contribution in [0, 0.1) is 19.8 Å². The fourth-order valence-electron chi connectivity index (χ4n) is 3.47. The van der Waals surface area contributed by atoms with Crippen molar-refractivity contribution in [2.24, 2.45) is 5.92 Å². The average molecular weight is 391 g/mol. The number of carbonyl (C=O) groups is 1. The molecule has 2 aromatic heterocycles. The third-order valence-corrected chi connectivity index (χ3v) is 5.32. The van der Waals surface area contributed by atoms with Crippen molar-refractivity contribution < 1.29 is 18.3 Å². The number of ether oxygens (including phenoxy) is 1. The summed E-state index contributed by atoms with van der Waals surface area (Å²) in [7, 11) is 0. The van der Waals surface area contributed by atoms with Crippen LogP contribution in [0.4, 0.5) is 4.39 Å². The highest BCUT2D eigenvalue weighted by Gasteiger charge is 2.19. The minimum Gasteiger partial charge on any atom is -0.463 e. The van der Waals surface area contributed by atoms with Crippen molar-refractivity contribution in [1.82, 2.24) is 4.98 Å². The number of allylic oxidation sites excluding steroid dienone is 3. The molecule has 2 heterocycles. The van der Waals surface area contributed by atoms with Crippen LogP contribution in [0.1, 0.15) is 34.8 Å². The van der Waals surface area contributed by atoms with Crippen molar-refractivity contribution >= 4 is 16.9 Å².